The van der Waals surface area contributed by atoms with Crippen LogP contribution in [-0.4, -0.2) is 33.2 Å². The van der Waals surface area contributed by atoms with Crippen LogP contribution in [0.25, 0.3) is 0 Å². The third-order valence-electron chi connectivity index (χ3n) is 3.48. The minimum atomic E-state index is -3.26. The zero-order chi connectivity index (χ0) is 15.5. The van der Waals surface area contributed by atoms with Crippen molar-refractivity contribution >= 4 is 27.5 Å². The van der Waals surface area contributed by atoms with E-state index in [9.17, 15) is 13.2 Å². The first-order chi connectivity index (χ1) is 9.80. The molecule has 0 unspecified atom stereocenters. The smallest absolute Gasteiger partial charge is 0.251 e. The molecule has 0 aromatic heterocycles. The highest BCUT2D eigenvalue weighted by atomic mass is 35.5. The van der Waals surface area contributed by atoms with Crippen LogP contribution in [0, 0.1) is 5.41 Å². The Hall–Kier alpha value is -1.11. The summed E-state index contributed by atoms with van der Waals surface area (Å²) in [7, 11) is -3.26. The summed E-state index contributed by atoms with van der Waals surface area (Å²) in [4.78, 5) is 11.8. The number of amides is 1. The maximum Gasteiger partial charge on any atom is 0.251 e. The number of sulfonamides is 1. The van der Waals surface area contributed by atoms with E-state index in [1.54, 1.807) is 24.3 Å². The molecule has 116 valence electrons. The molecule has 0 saturated heterocycles. The number of carbonyl (C=O) groups excluding carboxylic acids is 1. The van der Waals surface area contributed by atoms with Crippen molar-refractivity contribution in [3.8, 4) is 0 Å². The Kier molecular flexibility index (Phi) is 4.91. The first-order valence-electron chi connectivity index (χ1n) is 6.81. The molecule has 5 nitrogen and oxygen atoms in total. The van der Waals surface area contributed by atoms with Gasteiger partial charge in [-0.3, -0.25) is 4.79 Å². The Labute approximate surface area is 130 Å². The van der Waals surface area contributed by atoms with Crippen molar-refractivity contribution in [2.45, 2.75) is 19.8 Å². The van der Waals surface area contributed by atoms with Crippen molar-refractivity contribution in [3.63, 3.8) is 0 Å². The zero-order valence-corrected chi connectivity index (χ0v) is 13.4. The largest absolute Gasteiger partial charge is 0.351 e. The molecule has 1 aromatic rings. The number of halogens is 1. The fraction of sp³-hybridized carbons (Fsp3) is 0.500. The van der Waals surface area contributed by atoms with Crippen LogP contribution < -0.4 is 10.0 Å². The van der Waals surface area contributed by atoms with Crippen LogP contribution >= 0.6 is 11.6 Å². The first kappa shape index (κ1) is 16.3. The van der Waals surface area contributed by atoms with Crippen LogP contribution in [0.2, 0.25) is 5.02 Å². The van der Waals surface area contributed by atoms with Crippen LogP contribution in [0.1, 0.15) is 30.1 Å². The quantitative estimate of drug-likeness (QED) is 0.748. The van der Waals surface area contributed by atoms with Crippen LogP contribution in [-0.2, 0) is 10.0 Å². The van der Waals surface area contributed by atoms with Crippen molar-refractivity contribution in [1.29, 1.82) is 0 Å². The average Bonchev–Trinajstić information content (AvgIpc) is 3.11. The summed E-state index contributed by atoms with van der Waals surface area (Å²) < 4.78 is 26.1. The van der Waals surface area contributed by atoms with Gasteiger partial charge in [0.15, 0.2) is 0 Å². The number of hydrogen-bond acceptors (Lipinski definition) is 3. The normalized spacial score (nSPS) is 16.5. The predicted molar refractivity (Wildman–Crippen MR) is 82.9 cm³/mol. The lowest BCUT2D eigenvalue weighted by molar-refractivity contribution is 0.0954. The van der Waals surface area contributed by atoms with E-state index < -0.39 is 10.0 Å². The summed E-state index contributed by atoms with van der Waals surface area (Å²) in [5.41, 5.74) is 0.436. The van der Waals surface area contributed by atoms with Gasteiger partial charge in [0.2, 0.25) is 10.0 Å². The Morgan fingerprint density at radius 2 is 1.86 bits per heavy atom. The molecule has 0 heterocycles. The van der Waals surface area contributed by atoms with E-state index in [4.69, 9.17) is 11.6 Å². The molecule has 0 atom stereocenters. The fourth-order valence-electron chi connectivity index (χ4n) is 1.95. The van der Waals surface area contributed by atoms with Gasteiger partial charge in [0.05, 0.1) is 5.75 Å². The van der Waals surface area contributed by atoms with Gasteiger partial charge in [-0.2, -0.15) is 0 Å². The van der Waals surface area contributed by atoms with E-state index in [2.05, 4.69) is 10.0 Å². The van der Waals surface area contributed by atoms with E-state index in [-0.39, 0.29) is 30.2 Å². The molecule has 1 aromatic carbocycles. The van der Waals surface area contributed by atoms with E-state index >= 15 is 0 Å². The molecular formula is C14H19ClN2O3S. The van der Waals surface area contributed by atoms with Crippen molar-refractivity contribution in [1.82, 2.24) is 10.0 Å². The second kappa shape index (κ2) is 6.34. The van der Waals surface area contributed by atoms with E-state index in [1.807, 2.05) is 6.92 Å². The molecule has 2 N–H and O–H groups in total. The molecule has 1 aliphatic rings. The Morgan fingerprint density at radius 3 is 2.43 bits per heavy atom. The highest BCUT2D eigenvalue weighted by Crippen LogP contribution is 2.45. The van der Waals surface area contributed by atoms with Crippen LogP contribution in [0.3, 0.4) is 0 Å². The lowest BCUT2D eigenvalue weighted by Gasteiger charge is -2.11. The van der Waals surface area contributed by atoms with Gasteiger partial charge in [-0.05, 0) is 42.5 Å². The Morgan fingerprint density at radius 1 is 1.24 bits per heavy atom. The summed E-state index contributed by atoms with van der Waals surface area (Å²) in [5.74, 6) is -0.0921. The Balaban J connectivity index is 1.72. The van der Waals surface area contributed by atoms with Gasteiger partial charge < -0.3 is 5.32 Å². The molecule has 0 radical (unpaired) electrons. The highest BCUT2D eigenvalue weighted by Gasteiger charge is 2.41. The fourth-order valence-corrected chi connectivity index (χ4v) is 3.80. The van der Waals surface area contributed by atoms with Gasteiger partial charge in [-0.1, -0.05) is 18.5 Å². The predicted octanol–water partition coefficient (Wildman–Crippen LogP) is 1.79. The number of rotatable bonds is 7. The lowest BCUT2D eigenvalue weighted by atomic mass is 10.2. The second-order valence-electron chi connectivity index (χ2n) is 5.73. The molecule has 0 bridgehead atoms. The second-order valence-corrected chi connectivity index (χ2v) is 7.97. The van der Waals surface area contributed by atoms with E-state index in [0.29, 0.717) is 10.6 Å². The van der Waals surface area contributed by atoms with Gasteiger partial charge in [-0.25, -0.2) is 13.1 Å². The minimum Gasteiger partial charge on any atom is -0.351 e. The SMILES string of the molecule is CC1(CS(=O)(=O)NCCNC(=O)c2ccc(Cl)cc2)CC1. The van der Waals surface area contributed by atoms with Crippen molar-refractivity contribution in [2.75, 3.05) is 18.8 Å². The monoisotopic (exact) mass is 330 g/mol. The third kappa shape index (κ3) is 5.30. The number of carbonyl (C=O) groups is 1. The number of nitrogens with one attached hydrogen (secondary N) is 2. The van der Waals surface area contributed by atoms with Gasteiger partial charge in [0.25, 0.3) is 5.91 Å². The molecule has 1 fully saturated rings. The summed E-state index contributed by atoms with van der Waals surface area (Å²) in [6.07, 6.45) is 1.92. The maximum atomic E-state index is 11.8. The van der Waals surface area contributed by atoms with Gasteiger partial charge in [0, 0.05) is 23.7 Å². The molecular weight excluding hydrogens is 312 g/mol. The van der Waals surface area contributed by atoms with Crippen LogP contribution in [0.5, 0.6) is 0 Å². The maximum absolute atomic E-state index is 11.8. The molecule has 21 heavy (non-hydrogen) atoms. The number of hydrogen-bond donors (Lipinski definition) is 2. The van der Waals surface area contributed by atoms with Gasteiger partial charge in [-0.15, -0.1) is 0 Å². The average molecular weight is 331 g/mol. The molecule has 0 aliphatic heterocycles. The third-order valence-corrected chi connectivity index (χ3v) is 5.45. The van der Waals surface area contributed by atoms with Gasteiger partial charge >= 0.3 is 0 Å². The molecule has 1 amide bonds. The number of benzene rings is 1. The van der Waals surface area contributed by atoms with E-state index in [0.717, 1.165) is 12.8 Å². The summed E-state index contributed by atoms with van der Waals surface area (Å²) in [6.45, 7) is 2.41. The molecule has 0 spiro atoms. The molecule has 7 heteroatoms. The summed E-state index contributed by atoms with van der Waals surface area (Å²) in [5, 5.41) is 3.22. The first-order valence-corrected chi connectivity index (χ1v) is 8.84. The van der Waals surface area contributed by atoms with Crippen molar-refractivity contribution in [2.24, 2.45) is 5.41 Å². The molecule has 1 aliphatic carbocycles. The van der Waals surface area contributed by atoms with Gasteiger partial charge in [0.1, 0.15) is 0 Å². The van der Waals surface area contributed by atoms with Crippen LogP contribution in [0.15, 0.2) is 24.3 Å². The molecule has 1 saturated carbocycles. The van der Waals surface area contributed by atoms with Crippen molar-refractivity contribution < 1.29 is 13.2 Å². The van der Waals surface area contributed by atoms with Crippen molar-refractivity contribution in [3.05, 3.63) is 34.9 Å². The zero-order valence-electron chi connectivity index (χ0n) is 11.9. The molecule has 2 rings (SSSR count). The van der Waals surface area contributed by atoms with E-state index in [1.165, 1.54) is 0 Å². The standard InChI is InChI=1S/C14H19ClN2O3S/c1-14(6-7-14)10-21(19,20)17-9-8-16-13(18)11-2-4-12(15)5-3-11/h2-5,17H,6-10H2,1H3,(H,16,18). The highest BCUT2D eigenvalue weighted by molar-refractivity contribution is 7.89. The van der Waals surface area contributed by atoms with Crippen LogP contribution in [0.4, 0.5) is 0 Å². The minimum absolute atomic E-state index is 0.0572. The topological polar surface area (TPSA) is 75.3 Å². The summed E-state index contributed by atoms with van der Waals surface area (Å²) >= 11 is 5.74. The lowest BCUT2D eigenvalue weighted by Crippen LogP contribution is -2.37. The Bertz CT molecular complexity index is 610. The summed E-state index contributed by atoms with van der Waals surface area (Å²) in [6, 6.07) is 6.51.